The highest BCUT2D eigenvalue weighted by molar-refractivity contribution is 9.10. The van der Waals surface area contributed by atoms with Gasteiger partial charge in [-0.25, -0.2) is 5.01 Å². The molecule has 0 saturated carbocycles. The van der Waals surface area contributed by atoms with Crippen molar-refractivity contribution in [1.29, 1.82) is 0 Å². The molecule has 0 radical (unpaired) electrons. The van der Waals surface area contributed by atoms with Crippen molar-refractivity contribution in [2.45, 2.75) is 12.5 Å². The maximum Gasteiger partial charge on any atom is 0.300 e. The van der Waals surface area contributed by atoms with Gasteiger partial charge >= 0.3 is 0 Å². The highest BCUT2D eigenvalue weighted by atomic mass is 79.9. The minimum absolute atomic E-state index is 0.130. The van der Waals surface area contributed by atoms with Crippen molar-refractivity contribution in [3.8, 4) is 0 Å². The normalized spacial score (nSPS) is 17.2. The average molecular weight is 659 g/mol. The van der Waals surface area contributed by atoms with Gasteiger partial charge in [-0.05, 0) is 35.4 Å². The predicted octanol–water partition coefficient (Wildman–Crippen LogP) is 5.86. The van der Waals surface area contributed by atoms with Gasteiger partial charge in [-0.3, -0.25) is 25.0 Å². The van der Waals surface area contributed by atoms with Crippen LogP contribution in [0.5, 0.6) is 0 Å². The molecule has 2 aliphatic rings. The third-order valence-electron chi connectivity index (χ3n) is 6.59. The molecule has 0 aliphatic carbocycles. The fraction of sp³-hybridized carbons (Fsp3) is 0.231. The van der Waals surface area contributed by atoms with Gasteiger partial charge in [-0.1, -0.05) is 56.1 Å². The third kappa shape index (κ3) is 5.56. The smallest absolute Gasteiger partial charge is 0.300 e. The topological polar surface area (TPSA) is 131 Å². The lowest BCUT2D eigenvalue weighted by molar-refractivity contribution is -0.392. The van der Waals surface area contributed by atoms with Gasteiger partial charge in [-0.2, -0.15) is 5.10 Å². The summed E-state index contributed by atoms with van der Waals surface area (Å²) in [6.45, 7) is 1.08. The van der Waals surface area contributed by atoms with E-state index < -0.39 is 33.2 Å². The van der Waals surface area contributed by atoms with Crippen LogP contribution in [0.15, 0.2) is 74.7 Å². The first kappa shape index (κ1) is 26.9. The molecule has 0 aromatic heterocycles. The summed E-state index contributed by atoms with van der Waals surface area (Å²) < 4.78 is 7.06. The molecule has 0 spiro atoms. The van der Waals surface area contributed by atoms with Gasteiger partial charge in [-0.15, -0.1) is 0 Å². The molecule has 13 heteroatoms. The Morgan fingerprint density at radius 3 is 1.97 bits per heavy atom. The summed E-state index contributed by atoms with van der Waals surface area (Å²) in [7, 11) is 0. The molecule has 2 heterocycles. The second-order valence-electron chi connectivity index (χ2n) is 8.95. The molecule has 3 aromatic rings. The largest absolute Gasteiger partial charge is 0.378 e. The second-order valence-corrected chi connectivity index (χ2v) is 10.8. The van der Waals surface area contributed by atoms with Gasteiger partial charge in [0.25, 0.3) is 17.3 Å². The van der Waals surface area contributed by atoms with Crippen molar-refractivity contribution in [2.24, 2.45) is 5.10 Å². The summed E-state index contributed by atoms with van der Waals surface area (Å²) in [6, 6.07) is 16.6. The van der Waals surface area contributed by atoms with Crippen LogP contribution in [0.4, 0.5) is 17.1 Å². The molecule has 2 aliphatic heterocycles. The Bertz CT molecular complexity index is 1440. The highest BCUT2D eigenvalue weighted by Gasteiger charge is 2.38. The number of carbonyl (C=O) groups is 1. The summed E-state index contributed by atoms with van der Waals surface area (Å²) in [6.07, 6.45) is 0.394. The predicted molar refractivity (Wildman–Crippen MR) is 151 cm³/mol. The van der Waals surface area contributed by atoms with Gasteiger partial charge in [0.05, 0.1) is 40.4 Å². The lowest BCUT2D eigenvalue weighted by atomic mass is 9.98. The lowest BCUT2D eigenvalue weighted by Crippen LogP contribution is -2.37. The Morgan fingerprint density at radius 1 is 0.897 bits per heavy atom. The molecule has 0 bridgehead atoms. The maximum atomic E-state index is 13.9. The minimum Gasteiger partial charge on any atom is -0.378 e. The van der Waals surface area contributed by atoms with Gasteiger partial charge < -0.3 is 9.64 Å². The Hall–Kier alpha value is -3.68. The van der Waals surface area contributed by atoms with E-state index in [-0.39, 0.29) is 37.6 Å². The van der Waals surface area contributed by atoms with Crippen LogP contribution in [0, 0.1) is 20.2 Å². The first-order valence-electron chi connectivity index (χ1n) is 11.9. The molecule has 1 fully saturated rings. The van der Waals surface area contributed by atoms with E-state index >= 15 is 0 Å². The Labute approximate surface area is 239 Å². The van der Waals surface area contributed by atoms with E-state index in [4.69, 9.17) is 4.74 Å². The van der Waals surface area contributed by atoms with Gasteiger partial charge in [0.15, 0.2) is 5.69 Å². The number of morpholine rings is 1. The van der Waals surface area contributed by atoms with Crippen LogP contribution < -0.4 is 4.90 Å². The number of anilines is 1. The summed E-state index contributed by atoms with van der Waals surface area (Å²) in [5, 5.41) is 30.0. The fourth-order valence-electron chi connectivity index (χ4n) is 4.71. The lowest BCUT2D eigenvalue weighted by Gasteiger charge is -2.28. The van der Waals surface area contributed by atoms with Crippen molar-refractivity contribution in [2.75, 3.05) is 31.2 Å². The number of halogens is 2. The van der Waals surface area contributed by atoms with Gasteiger partial charge in [0.2, 0.25) is 0 Å². The monoisotopic (exact) mass is 657 g/mol. The standard InChI is InChI=1S/C26H21Br2N5O6/c27-19-5-1-16(2-6-19)21-15-22(17-3-7-20(28)8-4-17)31(29-21)26(34)18-13-23(32(35)36)25(24(14-18)33(37)38)30-9-11-39-12-10-30/h1-8,13-14,22H,9-12,15H2/t22-/m1/s1. The molecular weight excluding hydrogens is 638 g/mol. The van der Waals surface area contributed by atoms with E-state index in [1.54, 1.807) is 4.90 Å². The summed E-state index contributed by atoms with van der Waals surface area (Å²) in [5.41, 5.74) is 0.935. The van der Waals surface area contributed by atoms with Crippen LogP contribution in [0.3, 0.4) is 0 Å². The van der Waals surface area contributed by atoms with Crippen molar-refractivity contribution in [1.82, 2.24) is 5.01 Å². The summed E-state index contributed by atoms with van der Waals surface area (Å²) >= 11 is 6.84. The molecule has 0 unspecified atom stereocenters. The van der Waals surface area contributed by atoms with Crippen LogP contribution in [0.2, 0.25) is 0 Å². The molecular formula is C26H21Br2N5O6. The summed E-state index contributed by atoms with van der Waals surface area (Å²) in [5.74, 6) is -0.672. The van der Waals surface area contributed by atoms with Crippen molar-refractivity contribution in [3.05, 3.63) is 107 Å². The van der Waals surface area contributed by atoms with E-state index in [1.807, 2.05) is 48.5 Å². The number of carbonyl (C=O) groups excluding carboxylic acids is 1. The summed E-state index contributed by atoms with van der Waals surface area (Å²) in [4.78, 5) is 38.2. The number of ether oxygens (including phenoxy) is 1. The first-order valence-corrected chi connectivity index (χ1v) is 13.5. The molecule has 1 amide bonds. The zero-order valence-corrected chi connectivity index (χ0v) is 23.5. The van der Waals surface area contributed by atoms with E-state index in [9.17, 15) is 25.0 Å². The second kappa shape index (κ2) is 11.2. The molecule has 0 N–H and O–H groups in total. The van der Waals surface area contributed by atoms with Crippen LogP contribution in [0.25, 0.3) is 0 Å². The Morgan fingerprint density at radius 2 is 1.44 bits per heavy atom. The zero-order chi connectivity index (χ0) is 27.7. The highest BCUT2D eigenvalue weighted by Crippen LogP contribution is 2.41. The molecule has 39 heavy (non-hydrogen) atoms. The maximum absolute atomic E-state index is 13.9. The van der Waals surface area contributed by atoms with Crippen LogP contribution in [-0.4, -0.2) is 52.8 Å². The number of nitro benzene ring substituents is 2. The number of rotatable bonds is 6. The van der Waals surface area contributed by atoms with Crippen LogP contribution in [0.1, 0.15) is 33.9 Å². The zero-order valence-electron chi connectivity index (χ0n) is 20.3. The number of benzene rings is 3. The first-order chi connectivity index (χ1) is 18.7. The van der Waals surface area contributed by atoms with Crippen molar-refractivity contribution < 1.29 is 19.4 Å². The minimum atomic E-state index is -0.693. The number of hydrogen-bond donors (Lipinski definition) is 0. The van der Waals surface area contributed by atoms with E-state index in [0.717, 1.165) is 32.2 Å². The number of hydrazone groups is 1. The van der Waals surface area contributed by atoms with Gasteiger partial charge in [0, 0.05) is 40.6 Å². The van der Waals surface area contributed by atoms with Gasteiger partial charge in [0.1, 0.15) is 0 Å². The molecule has 1 atom stereocenters. The van der Waals surface area contributed by atoms with E-state index in [2.05, 4.69) is 37.0 Å². The Kier molecular flexibility index (Phi) is 7.73. The fourth-order valence-corrected chi connectivity index (χ4v) is 5.24. The molecule has 200 valence electrons. The average Bonchev–Trinajstić information content (AvgIpc) is 3.38. The number of amides is 1. The Balaban J connectivity index is 1.60. The SMILES string of the molecule is O=C(c1cc([N+](=O)[O-])c(N2CCOCC2)c([N+](=O)[O-])c1)N1N=C(c2ccc(Br)cc2)C[C@@H]1c1ccc(Br)cc1. The van der Waals surface area contributed by atoms with E-state index in [0.29, 0.717) is 12.1 Å². The van der Waals surface area contributed by atoms with Crippen LogP contribution >= 0.6 is 31.9 Å². The molecule has 1 saturated heterocycles. The van der Waals surface area contributed by atoms with Crippen molar-refractivity contribution >= 4 is 60.5 Å². The third-order valence-corrected chi connectivity index (χ3v) is 7.65. The van der Waals surface area contributed by atoms with E-state index in [1.165, 1.54) is 5.01 Å². The van der Waals surface area contributed by atoms with Crippen molar-refractivity contribution in [3.63, 3.8) is 0 Å². The number of nitro groups is 2. The van der Waals surface area contributed by atoms with Crippen LogP contribution in [-0.2, 0) is 4.74 Å². The molecule has 3 aromatic carbocycles. The molecule has 11 nitrogen and oxygen atoms in total. The molecule has 5 rings (SSSR count). The number of hydrogen-bond acceptors (Lipinski definition) is 8. The quantitative estimate of drug-likeness (QED) is 0.240. The number of nitrogens with zero attached hydrogens (tertiary/aromatic N) is 5.